The van der Waals surface area contributed by atoms with Gasteiger partial charge in [-0.3, -0.25) is 19.8 Å². The van der Waals surface area contributed by atoms with Crippen LogP contribution in [0, 0.1) is 10.1 Å². The minimum atomic E-state index is -0.522. The molecule has 2 aromatic heterocycles. The highest BCUT2D eigenvalue weighted by molar-refractivity contribution is 5.79. The highest BCUT2D eigenvalue weighted by atomic mass is 16.6. The zero-order valence-corrected chi connectivity index (χ0v) is 17.0. The molecule has 9 nitrogen and oxygen atoms in total. The van der Waals surface area contributed by atoms with Gasteiger partial charge in [-0.2, -0.15) is 0 Å². The normalized spacial score (nSPS) is 13.8. The summed E-state index contributed by atoms with van der Waals surface area (Å²) in [6.45, 7) is 1.70. The highest BCUT2D eigenvalue weighted by Crippen LogP contribution is 2.23. The number of non-ortho nitro benzene ring substituents is 1. The standard InChI is InChI=1S/C23H19N5O4/c24-17-3-1-14(2-4-17)23-25-10-15-11-27(8-7-20(15)26-23)12-16-13-32-21-6-5-18(28(30)31)9-19(21)22(16)29/h1-6,9-10,13H,7-8,11-12,24H2. The van der Waals surface area contributed by atoms with E-state index >= 15 is 0 Å². The van der Waals surface area contributed by atoms with E-state index in [4.69, 9.17) is 15.1 Å². The number of nitrogens with zero attached hydrogens (tertiary/aromatic N) is 4. The third kappa shape index (κ3) is 3.69. The molecule has 5 rings (SSSR count). The molecule has 0 saturated carbocycles. The molecule has 4 aromatic rings. The average Bonchev–Trinajstić information content (AvgIpc) is 2.81. The van der Waals surface area contributed by atoms with E-state index in [1.54, 1.807) is 0 Å². The Morgan fingerprint density at radius 3 is 2.78 bits per heavy atom. The van der Waals surface area contributed by atoms with Gasteiger partial charge in [0, 0.05) is 66.8 Å². The van der Waals surface area contributed by atoms with Crippen molar-refractivity contribution in [2.75, 3.05) is 12.3 Å². The summed E-state index contributed by atoms with van der Waals surface area (Å²) in [5.41, 5.74) is 9.75. The van der Waals surface area contributed by atoms with Crippen molar-refractivity contribution in [3.63, 3.8) is 0 Å². The van der Waals surface area contributed by atoms with Crippen molar-refractivity contribution >= 4 is 22.3 Å². The number of anilines is 1. The van der Waals surface area contributed by atoms with E-state index in [1.807, 2.05) is 30.5 Å². The molecule has 0 spiro atoms. The van der Waals surface area contributed by atoms with Crippen LogP contribution < -0.4 is 11.2 Å². The maximum absolute atomic E-state index is 12.9. The van der Waals surface area contributed by atoms with Gasteiger partial charge in [-0.25, -0.2) is 9.97 Å². The first-order valence-electron chi connectivity index (χ1n) is 10.1. The van der Waals surface area contributed by atoms with Gasteiger partial charge in [0.15, 0.2) is 11.3 Å². The largest absolute Gasteiger partial charge is 0.464 e. The minimum absolute atomic E-state index is 0.136. The SMILES string of the molecule is Nc1ccc(-c2ncc3c(n2)CCN(Cc2coc4ccc([N+](=O)[O-])cc4c2=O)C3)cc1. The zero-order valence-electron chi connectivity index (χ0n) is 17.0. The number of rotatable bonds is 4. The van der Waals surface area contributed by atoms with E-state index in [0.29, 0.717) is 35.7 Å². The smallest absolute Gasteiger partial charge is 0.270 e. The minimum Gasteiger partial charge on any atom is -0.464 e. The fourth-order valence-electron chi connectivity index (χ4n) is 3.90. The predicted molar refractivity (Wildman–Crippen MR) is 119 cm³/mol. The van der Waals surface area contributed by atoms with Gasteiger partial charge in [-0.15, -0.1) is 0 Å². The fraction of sp³-hybridized carbons (Fsp3) is 0.174. The van der Waals surface area contributed by atoms with Crippen LogP contribution in [0.25, 0.3) is 22.4 Å². The summed E-state index contributed by atoms with van der Waals surface area (Å²) in [7, 11) is 0. The predicted octanol–water partition coefficient (Wildman–Crippen LogP) is 3.30. The van der Waals surface area contributed by atoms with Crippen molar-refractivity contribution < 1.29 is 9.34 Å². The van der Waals surface area contributed by atoms with Crippen molar-refractivity contribution in [2.24, 2.45) is 0 Å². The van der Waals surface area contributed by atoms with Crippen LogP contribution in [0.4, 0.5) is 11.4 Å². The molecule has 32 heavy (non-hydrogen) atoms. The Balaban J connectivity index is 1.38. The molecule has 0 fully saturated rings. The van der Waals surface area contributed by atoms with E-state index in [9.17, 15) is 14.9 Å². The molecule has 9 heteroatoms. The summed E-state index contributed by atoms with van der Waals surface area (Å²) in [5, 5.41) is 11.3. The summed E-state index contributed by atoms with van der Waals surface area (Å²) in [6.07, 6.45) is 3.99. The summed E-state index contributed by atoms with van der Waals surface area (Å²) in [4.78, 5) is 34.8. The third-order valence-corrected chi connectivity index (χ3v) is 5.61. The number of benzene rings is 2. The number of hydrogen-bond acceptors (Lipinski definition) is 8. The lowest BCUT2D eigenvalue weighted by molar-refractivity contribution is -0.384. The second kappa shape index (κ2) is 7.86. The summed E-state index contributed by atoms with van der Waals surface area (Å²) in [6, 6.07) is 11.5. The first-order chi connectivity index (χ1) is 15.5. The van der Waals surface area contributed by atoms with Crippen LogP contribution in [0.2, 0.25) is 0 Å². The Kier molecular flexibility index (Phi) is 4.87. The number of nitro groups is 1. The van der Waals surface area contributed by atoms with Gasteiger partial charge in [0.2, 0.25) is 0 Å². The van der Waals surface area contributed by atoms with Gasteiger partial charge < -0.3 is 10.2 Å². The van der Waals surface area contributed by atoms with Crippen molar-refractivity contribution in [1.82, 2.24) is 14.9 Å². The molecule has 2 N–H and O–H groups in total. The monoisotopic (exact) mass is 429 g/mol. The van der Waals surface area contributed by atoms with Crippen molar-refractivity contribution in [2.45, 2.75) is 19.5 Å². The molecule has 0 amide bonds. The Labute approximate surface area is 182 Å². The molecule has 1 aliphatic heterocycles. The third-order valence-electron chi connectivity index (χ3n) is 5.61. The van der Waals surface area contributed by atoms with E-state index in [2.05, 4.69) is 9.88 Å². The molecular weight excluding hydrogens is 410 g/mol. The zero-order chi connectivity index (χ0) is 22.2. The molecule has 0 bridgehead atoms. The average molecular weight is 429 g/mol. The number of nitrogen functional groups attached to an aromatic ring is 1. The Morgan fingerprint density at radius 1 is 1.19 bits per heavy atom. The quantitative estimate of drug-likeness (QED) is 0.297. The van der Waals surface area contributed by atoms with Crippen LogP contribution in [0.5, 0.6) is 0 Å². The molecular formula is C23H19N5O4. The molecule has 3 heterocycles. The van der Waals surface area contributed by atoms with Crippen LogP contribution in [0.3, 0.4) is 0 Å². The lowest BCUT2D eigenvalue weighted by Crippen LogP contribution is -2.32. The second-order valence-electron chi connectivity index (χ2n) is 7.78. The van der Waals surface area contributed by atoms with Crippen molar-refractivity contribution in [3.05, 3.63) is 92.1 Å². The number of nitro benzene ring substituents is 1. The molecule has 0 atom stereocenters. The number of aromatic nitrogens is 2. The van der Waals surface area contributed by atoms with E-state index < -0.39 is 4.92 Å². The molecule has 1 aliphatic rings. The van der Waals surface area contributed by atoms with Crippen LogP contribution in [0.1, 0.15) is 16.8 Å². The fourth-order valence-corrected chi connectivity index (χ4v) is 3.90. The number of hydrogen-bond donors (Lipinski definition) is 1. The van der Waals surface area contributed by atoms with Gasteiger partial charge in [0.25, 0.3) is 5.69 Å². The van der Waals surface area contributed by atoms with Gasteiger partial charge in [-0.1, -0.05) is 0 Å². The van der Waals surface area contributed by atoms with Crippen LogP contribution in [0.15, 0.2) is 64.1 Å². The van der Waals surface area contributed by atoms with Crippen LogP contribution in [-0.2, 0) is 19.5 Å². The highest BCUT2D eigenvalue weighted by Gasteiger charge is 2.21. The van der Waals surface area contributed by atoms with Gasteiger partial charge in [0.1, 0.15) is 5.58 Å². The van der Waals surface area contributed by atoms with Gasteiger partial charge in [-0.05, 0) is 30.3 Å². The summed E-state index contributed by atoms with van der Waals surface area (Å²) < 4.78 is 5.56. The number of nitrogens with two attached hydrogens (primary N) is 1. The number of fused-ring (bicyclic) bond motifs is 2. The molecule has 0 radical (unpaired) electrons. The molecule has 0 saturated heterocycles. The van der Waals surface area contributed by atoms with Gasteiger partial charge in [0.05, 0.1) is 22.3 Å². The Bertz CT molecular complexity index is 1400. The summed E-state index contributed by atoms with van der Waals surface area (Å²) in [5.74, 6) is 0.661. The maximum Gasteiger partial charge on any atom is 0.270 e. The first-order valence-corrected chi connectivity index (χ1v) is 10.1. The first kappa shape index (κ1) is 19.8. The molecule has 0 aliphatic carbocycles. The Hall–Kier alpha value is -4.11. The summed E-state index contributed by atoms with van der Waals surface area (Å²) >= 11 is 0. The maximum atomic E-state index is 12.9. The van der Waals surface area contributed by atoms with E-state index in [0.717, 1.165) is 29.8 Å². The molecule has 2 aromatic carbocycles. The molecule has 160 valence electrons. The lowest BCUT2D eigenvalue weighted by atomic mass is 10.1. The second-order valence-corrected chi connectivity index (χ2v) is 7.78. The van der Waals surface area contributed by atoms with Crippen LogP contribution >= 0.6 is 0 Å². The topological polar surface area (TPSA) is 128 Å². The van der Waals surface area contributed by atoms with Crippen LogP contribution in [-0.4, -0.2) is 26.3 Å². The van der Waals surface area contributed by atoms with E-state index in [1.165, 1.54) is 24.5 Å². The molecule has 0 unspecified atom stereocenters. The van der Waals surface area contributed by atoms with E-state index in [-0.39, 0.29) is 16.5 Å². The van der Waals surface area contributed by atoms with Crippen molar-refractivity contribution in [1.29, 1.82) is 0 Å². The lowest BCUT2D eigenvalue weighted by Gasteiger charge is -2.27. The van der Waals surface area contributed by atoms with Crippen molar-refractivity contribution in [3.8, 4) is 11.4 Å². The van der Waals surface area contributed by atoms with Gasteiger partial charge >= 0.3 is 0 Å². The Morgan fingerprint density at radius 2 is 2.00 bits per heavy atom.